The minimum atomic E-state index is -0.324. The van der Waals surface area contributed by atoms with E-state index in [-0.39, 0.29) is 11.4 Å². The van der Waals surface area contributed by atoms with Crippen molar-refractivity contribution in [3.8, 4) is 11.7 Å². The van der Waals surface area contributed by atoms with E-state index in [1.54, 1.807) is 42.7 Å². The molecule has 5 heteroatoms. The molecule has 144 valence electrons. The quantitative estimate of drug-likeness (QED) is 0.506. The Bertz CT molecular complexity index is 1240. The summed E-state index contributed by atoms with van der Waals surface area (Å²) in [7, 11) is 0. The fourth-order valence-electron chi connectivity index (χ4n) is 3.27. The van der Waals surface area contributed by atoms with Gasteiger partial charge >= 0.3 is 0 Å². The van der Waals surface area contributed by atoms with Crippen LogP contribution >= 0.6 is 0 Å². The Labute approximate surface area is 168 Å². The van der Waals surface area contributed by atoms with Crippen molar-refractivity contribution >= 4 is 22.7 Å². The van der Waals surface area contributed by atoms with Gasteiger partial charge in [0.05, 0.1) is 11.3 Å². The molecule has 29 heavy (non-hydrogen) atoms. The average molecular weight is 383 g/mol. The van der Waals surface area contributed by atoms with Crippen LogP contribution in [-0.2, 0) is 0 Å². The number of nitrogens with zero attached hydrogens (tertiary/aromatic N) is 3. The number of aliphatic imine (C=N–C) groups is 1. The normalized spacial score (nSPS) is 11.6. The molecular weight excluding hydrogens is 362 g/mol. The van der Waals surface area contributed by atoms with Crippen LogP contribution < -0.4 is 5.56 Å². The maximum atomic E-state index is 13.0. The van der Waals surface area contributed by atoms with Gasteiger partial charge in [0.2, 0.25) is 5.88 Å². The predicted octanol–water partition coefficient (Wildman–Crippen LogP) is 4.97. The summed E-state index contributed by atoms with van der Waals surface area (Å²) < 4.78 is 1.21. The number of hydrogen-bond acceptors (Lipinski definition) is 4. The SMILES string of the molecule is CC(C)c1ccc(N=Cc2c(O)n(-c3ccccn3)c(=O)c3ccccc23)cc1. The maximum Gasteiger partial charge on any atom is 0.267 e. The maximum absolute atomic E-state index is 13.0. The average Bonchev–Trinajstić information content (AvgIpc) is 2.75. The van der Waals surface area contributed by atoms with Crippen molar-refractivity contribution in [3.63, 3.8) is 0 Å². The Kier molecular flexibility index (Phi) is 4.96. The van der Waals surface area contributed by atoms with Crippen molar-refractivity contribution in [1.82, 2.24) is 9.55 Å². The van der Waals surface area contributed by atoms with Crippen molar-refractivity contribution in [2.24, 2.45) is 4.99 Å². The summed E-state index contributed by atoms with van der Waals surface area (Å²) in [6.45, 7) is 4.28. The van der Waals surface area contributed by atoms with Crippen molar-refractivity contribution in [3.05, 3.63) is 94.4 Å². The van der Waals surface area contributed by atoms with Crippen LogP contribution in [0.3, 0.4) is 0 Å². The fraction of sp³-hybridized carbons (Fsp3) is 0.125. The summed E-state index contributed by atoms with van der Waals surface area (Å²) in [5.74, 6) is 0.620. The van der Waals surface area contributed by atoms with Gasteiger partial charge < -0.3 is 5.11 Å². The van der Waals surface area contributed by atoms with Gasteiger partial charge in [-0.2, -0.15) is 0 Å². The number of pyridine rings is 2. The van der Waals surface area contributed by atoms with Crippen LogP contribution in [0.4, 0.5) is 5.69 Å². The van der Waals surface area contributed by atoms with Gasteiger partial charge in [-0.3, -0.25) is 9.79 Å². The number of hydrogen-bond donors (Lipinski definition) is 1. The molecule has 0 radical (unpaired) electrons. The third kappa shape index (κ3) is 3.55. The van der Waals surface area contributed by atoms with E-state index in [4.69, 9.17) is 0 Å². The van der Waals surface area contributed by atoms with E-state index in [9.17, 15) is 9.90 Å². The van der Waals surface area contributed by atoms with Gasteiger partial charge in [-0.25, -0.2) is 9.55 Å². The smallest absolute Gasteiger partial charge is 0.267 e. The van der Waals surface area contributed by atoms with Crippen LogP contribution in [0.15, 0.2) is 82.7 Å². The first-order valence-electron chi connectivity index (χ1n) is 9.48. The second-order valence-corrected chi connectivity index (χ2v) is 7.12. The van der Waals surface area contributed by atoms with E-state index in [0.29, 0.717) is 28.1 Å². The van der Waals surface area contributed by atoms with Gasteiger partial charge in [0.15, 0.2) is 0 Å². The zero-order valence-electron chi connectivity index (χ0n) is 16.3. The standard InChI is InChI=1S/C24H21N3O2/c1-16(2)17-10-12-18(13-11-17)26-15-21-19-7-3-4-8-20(19)23(28)27(24(21)29)22-9-5-6-14-25-22/h3-16,29H,1-2H3. The van der Waals surface area contributed by atoms with Crippen LogP contribution in [0.1, 0.15) is 30.9 Å². The highest BCUT2D eigenvalue weighted by Gasteiger charge is 2.16. The van der Waals surface area contributed by atoms with Crippen LogP contribution in [0.2, 0.25) is 0 Å². The largest absolute Gasteiger partial charge is 0.494 e. The highest BCUT2D eigenvalue weighted by atomic mass is 16.3. The van der Waals surface area contributed by atoms with Crippen LogP contribution in [0.25, 0.3) is 16.6 Å². The minimum Gasteiger partial charge on any atom is -0.494 e. The van der Waals surface area contributed by atoms with E-state index in [0.717, 1.165) is 5.69 Å². The topological polar surface area (TPSA) is 67.5 Å². The number of fused-ring (bicyclic) bond motifs is 1. The molecule has 0 amide bonds. The molecular formula is C24H21N3O2. The first kappa shape index (κ1) is 18.6. The lowest BCUT2D eigenvalue weighted by molar-refractivity contribution is 0.435. The highest BCUT2D eigenvalue weighted by molar-refractivity contribution is 6.02. The number of aromatic hydroxyl groups is 1. The molecule has 0 bridgehead atoms. The molecule has 0 unspecified atom stereocenters. The molecule has 0 spiro atoms. The summed E-state index contributed by atoms with van der Waals surface area (Å²) in [4.78, 5) is 21.7. The predicted molar refractivity (Wildman–Crippen MR) is 117 cm³/mol. The lowest BCUT2D eigenvalue weighted by Crippen LogP contribution is -2.20. The van der Waals surface area contributed by atoms with Crippen molar-refractivity contribution in [2.75, 3.05) is 0 Å². The van der Waals surface area contributed by atoms with Gasteiger partial charge in [0, 0.05) is 23.2 Å². The molecule has 0 aliphatic heterocycles. The van der Waals surface area contributed by atoms with Gasteiger partial charge in [0.1, 0.15) is 5.82 Å². The summed E-state index contributed by atoms with van der Waals surface area (Å²) in [5.41, 5.74) is 2.16. The van der Waals surface area contributed by atoms with E-state index in [2.05, 4.69) is 23.8 Å². The number of rotatable bonds is 4. The van der Waals surface area contributed by atoms with Crippen molar-refractivity contribution in [2.45, 2.75) is 19.8 Å². The van der Waals surface area contributed by atoms with E-state index < -0.39 is 0 Å². The molecule has 5 nitrogen and oxygen atoms in total. The highest BCUT2D eigenvalue weighted by Crippen LogP contribution is 2.26. The Morgan fingerprint density at radius 2 is 1.66 bits per heavy atom. The molecule has 2 heterocycles. The number of aromatic nitrogens is 2. The van der Waals surface area contributed by atoms with Crippen LogP contribution in [-0.4, -0.2) is 20.9 Å². The fourth-order valence-corrected chi connectivity index (χ4v) is 3.27. The Morgan fingerprint density at radius 1 is 0.966 bits per heavy atom. The second-order valence-electron chi connectivity index (χ2n) is 7.12. The molecule has 2 aromatic heterocycles. The lowest BCUT2D eigenvalue weighted by Gasteiger charge is -2.12. The third-order valence-electron chi connectivity index (χ3n) is 4.88. The molecule has 2 aromatic carbocycles. The number of benzene rings is 2. The molecule has 0 aliphatic carbocycles. The van der Waals surface area contributed by atoms with Crippen molar-refractivity contribution in [1.29, 1.82) is 0 Å². The Morgan fingerprint density at radius 3 is 2.31 bits per heavy atom. The van der Waals surface area contributed by atoms with Crippen molar-refractivity contribution < 1.29 is 5.11 Å². The van der Waals surface area contributed by atoms with Crippen LogP contribution in [0.5, 0.6) is 5.88 Å². The van der Waals surface area contributed by atoms with Gasteiger partial charge in [-0.15, -0.1) is 0 Å². The molecule has 0 saturated carbocycles. The van der Waals surface area contributed by atoms with Gasteiger partial charge in [-0.05, 0) is 41.8 Å². The molecule has 1 N–H and O–H groups in total. The zero-order valence-corrected chi connectivity index (χ0v) is 16.3. The summed E-state index contributed by atoms with van der Waals surface area (Å²) in [5, 5.41) is 12.1. The summed E-state index contributed by atoms with van der Waals surface area (Å²) >= 11 is 0. The molecule has 0 atom stereocenters. The summed E-state index contributed by atoms with van der Waals surface area (Å²) in [6.07, 6.45) is 3.18. The second kappa shape index (κ2) is 7.72. The minimum absolute atomic E-state index is 0.185. The zero-order chi connectivity index (χ0) is 20.4. The molecule has 4 rings (SSSR count). The molecule has 4 aromatic rings. The molecule has 0 fully saturated rings. The molecule has 0 aliphatic rings. The summed E-state index contributed by atoms with van der Waals surface area (Å²) in [6, 6.07) is 20.4. The monoisotopic (exact) mass is 383 g/mol. The van der Waals surface area contributed by atoms with E-state index in [1.165, 1.54) is 10.1 Å². The van der Waals surface area contributed by atoms with Gasteiger partial charge in [-0.1, -0.05) is 50.2 Å². The molecule has 0 saturated heterocycles. The van der Waals surface area contributed by atoms with Gasteiger partial charge in [0.25, 0.3) is 5.56 Å². The first-order chi connectivity index (χ1) is 14.1. The first-order valence-corrected chi connectivity index (χ1v) is 9.48. The van der Waals surface area contributed by atoms with E-state index in [1.807, 2.05) is 36.4 Å². The van der Waals surface area contributed by atoms with E-state index >= 15 is 0 Å². The lowest BCUT2D eigenvalue weighted by atomic mass is 10.0. The Hall–Kier alpha value is -3.73. The van der Waals surface area contributed by atoms with Crippen LogP contribution in [0, 0.1) is 0 Å². The third-order valence-corrected chi connectivity index (χ3v) is 4.88. The Balaban J connectivity index is 1.88.